The third kappa shape index (κ3) is 56.3. The average Bonchev–Trinajstić information content (AvgIpc) is 3.33. The summed E-state index contributed by atoms with van der Waals surface area (Å²) in [5.74, 6) is -0.186. The molecule has 3 unspecified atom stereocenters. The average molecular weight is 1020 g/mol. The van der Waals surface area contributed by atoms with Gasteiger partial charge in [-0.25, -0.2) is 4.57 Å². The number of unbranched alkanes of at least 4 members (excludes halogenated alkanes) is 40. The lowest BCUT2D eigenvalue weighted by atomic mass is 10.0. The Morgan fingerprint density at radius 1 is 0.465 bits per heavy atom. The monoisotopic (exact) mass is 1020 g/mol. The molecule has 0 aliphatic heterocycles. The van der Waals surface area contributed by atoms with Crippen LogP contribution in [0.25, 0.3) is 0 Å². The standard InChI is InChI=1S/C62H121N2O6P/c1-6-8-10-12-14-16-18-20-22-23-24-25-26-27-28-29-30-31-32-33-34-35-36-37-38-39-40-42-44-46-48-50-52-54-56-62(66)63-60(59-70-71(67,68)69-58-57-64(3,4)5)61(65)55-53-51-49-47-45-43-41-21-19-17-15-13-11-9-7-2/h19,21,45,47,53,55,60-61,65H,6-18,20,22-44,46,48-52,54,56-59H2,1-5H3,(H-,63,66,67,68)/p+1/b21-19+,47-45+,55-53+. The number of phosphoric acid groups is 1. The molecule has 71 heavy (non-hydrogen) atoms. The lowest BCUT2D eigenvalue weighted by Crippen LogP contribution is -2.45. The van der Waals surface area contributed by atoms with E-state index in [0.29, 0.717) is 17.4 Å². The molecule has 9 heteroatoms. The highest BCUT2D eigenvalue weighted by molar-refractivity contribution is 7.47. The fraction of sp³-hybridized carbons (Fsp3) is 0.887. The number of amides is 1. The van der Waals surface area contributed by atoms with Crippen molar-refractivity contribution in [2.24, 2.45) is 0 Å². The Morgan fingerprint density at radius 3 is 1.13 bits per heavy atom. The van der Waals surface area contributed by atoms with Crippen LogP contribution in [0.5, 0.6) is 0 Å². The van der Waals surface area contributed by atoms with Gasteiger partial charge in [0, 0.05) is 6.42 Å². The second-order valence-electron chi connectivity index (χ2n) is 22.4. The van der Waals surface area contributed by atoms with E-state index in [9.17, 15) is 19.4 Å². The maximum Gasteiger partial charge on any atom is 0.472 e. The van der Waals surface area contributed by atoms with Crippen LogP contribution in [0.2, 0.25) is 0 Å². The van der Waals surface area contributed by atoms with Crippen LogP contribution in [0.15, 0.2) is 36.5 Å². The van der Waals surface area contributed by atoms with E-state index in [1.807, 2.05) is 27.2 Å². The van der Waals surface area contributed by atoms with E-state index in [0.717, 1.165) is 44.9 Å². The van der Waals surface area contributed by atoms with Gasteiger partial charge in [-0.2, -0.15) is 0 Å². The first-order valence-electron chi connectivity index (χ1n) is 30.9. The Hall–Kier alpha value is -1.28. The minimum atomic E-state index is -4.36. The number of hydrogen-bond acceptors (Lipinski definition) is 5. The summed E-state index contributed by atoms with van der Waals surface area (Å²) in [5, 5.41) is 13.9. The molecule has 0 aromatic carbocycles. The molecule has 0 spiro atoms. The van der Waals surface area contributed by atoms with E-state index in [4.69, 9.17) is 9.05 Å². The highest BCUT2D eigenvalue weighted by atomic mass is 31.2. The highest BCUT2D eigenvalue weighted by Crippen LogP contribution is 2.43. The van der Waals surface area contributed by atoms with E-state index in [-0.39, 0.29) is 19.1 Å². The fourth-order valence-corrected chi connectivity index (χ4v) is 9.99. The second kappa shape index (κ2) is 53.5. The molecule has 1 amide bonds. The maximum absolute atomic E-state index is 13.0. The number of likely N-dealkylation sites (N-methyl/N-ethyl adjacent to an activating group) is 1. The van der Waals surface area contributed by atoms with Gasteiger partial charge in [-0.3, -0.25) is 13.8 Å². The van der Waals surface area contributed by atoms with Gasteiger partial charge in [-0.1, -0.05) is 288 Å². The number of quaternary nitrogens is 1. The third-order valence-electron chi connectivity index (χ3n) is 14.1. The first-order valence-corrected chi connectivity index (χ1v) is 32.4. The largest absolute Gasteiger partial charge is 0.472 e. The van der Waals surface area contributed by atoms with Crippen molar-refractivity contribution in [2.75, 3.05) is 40.9 Å². The summed E-state index contributed by atoms with van der Waals surface area (Å²) >= 11 is 0. The summed E-state index contributed by atoms with van der Waals surface area (Å²) in [4.78, 5) is 23.3. The molecule has 3 N–H and O–H groups in total. The molecule has 0 bridgehead atoms. The van der Waals surface area contributed by atoms with Crippen LogP contribution in [0.1, 0.15) is 303 Å². The van der Waals surface area contributed by atoms with Crippen LogP contribution >= 0.6 is 7.82 Å². The number of nitrogens with one attached hydrogen (secondary N) is 1. The Labute approximate surface area is 442 Å². The van der Waals surface area contributed by atoms with Crippen LogP contribution < -0.4 is 5.32 Å². The summed E-state index contributed by atoms with van der Waals surface area (Å²) < 4.78 is 23.7. The van der Waals surface area contributed by atoms with Crippen LogP contribution in [-0.2, 0) is 18.4 Å². The fourth-order valence-electron chi connectivity index (χ4n) is 9.25. The smallest absolute Gasteiger partial charge is 0.387 e. The van der Waals surface area contributed by atoms with Gasteiger partial charge in [-0.05, 0) is 44.9 Å². The van der Waals surface area contributed by atoms with Gasteiger partial charge in [0.05, 0.1) is 39.9 Å². The van der Waals surface area contributed by atoms with E-state index in [1.165, 1.54) is 238 Å². The topological polar surface area (TPSA) is 105 Å². The maximum atomic E-state index is 13.0. The molecule has 0 saturated heterocycles. The minimum absolute atomic E-state index is 0.0550. The lowest BCUT2D eigenvalue weighted by molar-refractivity contribution is -0.870. The molecular weight excluding hydrogens is 900 g/mol. The van der Waals surface area contributed by atoms with E-state index in [1.54, 1.807) is 6.08 Å². The van der Waals surface area contributed by atoms with Gasteiger partial charge in [0.1, 0.15) is 13.2 Å². The van der Waals surface area contributed by atoms with Gasteiger partial charge < -0.3 is 19.8 Å². The molecule has 0 fully saturated rings. The molecule has 0 radical (unpaired) electrons. The Bertz CT molecular complexity index is 1250. The number of carbonyl (C=O) groups is 1. The summed E-state index contributed by atoms with van der Waals surface area (Å²) in [6, 6.07) is -0.867. The highest BCUT2D eigenvalue weighted by Gasteiger charge is 2.27. The quantitative estimate of drug-likeness (QED) is 0.0243. The van der Waals surface area contributed by atoms with Crippen molar-refractivity contribution in [3.63, 3.8) is 0 Å². The summed E-state index contributed by atoms with van der Waals surface area (Å²) in [6.45, 7) is 4.80. The van der Waals surface area contributed by atoms with Crippen LogP contribution in [0.3, 0.4) is 0 Å². The predicted molar refractivity (Wildman–Crippen MR) is 309 cm³/mol. The molecule has 3 atom stereocenters. The molecule has 0 aromatic rings. The molecule has 0 aliphatic rings. The van der Waals surface area contributed by atoms with Crippen LogP contribution in [-0.4, -0.2) is 73.4 Å². The summed E-state index contributed by atoms with van der Waals surface area (Å²) in [7, 11) is 1.56. The number of nitrogens with zero attached hydrogens (tertiary/aromatic N) is 1. The van der Waals surface area contributed by atoms with Crippen molar-refractivity contribution in [3.8, 4) is 0 Å². The zero-order chi connectivity index (χ0) is 52.0. The zero-order valence-corrected chi connectivity index (χ0v) is 48.9. The molecule has 0 rings (SSSR count). The van der Waals surface area contributed by atoms with Gasteiger partial charge in [0.25, 0.3) is 0 Å². The Morgan fingerprint density at radius 2 is 0.775 bits per heavy atom. The number of carbonyl (C=O) groups excluding carboxylic acids is 1. The molecule has 8 nitrogen and oxygen atoms in total. The van der Waals surface area contributed by atoms with Gasteiger partial charge >= 0.3 is 7.82 Å². The normalized spacial score (nSPS) is 14.1. The predicted octanol–water partition coefficient (Wildman–Crippen LogP) is 18.9. The first-order chi connectivity index (χ1) is 34.5. The van der Waals surface area contributed by atoms with E-state index in [2.05, 4.69) is 43.5 Å². The number of aliphatic hydroxyl groups is 1. The summed E-state index contributed by atoms with van der Waals surface area (Å²) in [6.07, 6.45) is 70.0. The molecular formula is C62H122N2O6P+. The van der Waals surface area contributed by atoms with E-state index >= 15 is 0 Å². The van der Waals surface area contributed by atoms with Crippen molar-refractivity contribution >= 4 is 13.7 Å². The van der Waals surface area contributed by atoms with E-state index < -0.39 is 20.0 Å². The molecule has 0 aromatic heterocycles. The van der Waals surface area contributed by atoms with Crippen molar-refractivity contribution in [3.05, 3.63) is 36.5 Å². The Kier molecular flexibility index (Phi) is 52.6. The Balaban J connectivity index is 3.99. The van der Waals surface area contributed by atoms with Crippen molar-refractivity contribution in [1.29, 1.82) is 0 Å². The van der Waals surface area contributed by atoms with Crippen molar-refractivity contribution in [2.45, 2.75) is 315 Å². The number of rotatable bonds is 57. The molecule has 0 heterocycles. The van der Waals surface area contributed by atoms with Gasteiger partial charge in [0.2, 0.25) is 5.91 Å². The first kappa shape index (κ1) is 69.7. The SMILES string of the molecule is CCCCCCC/C=C/CC/C=C/CC/C=C/C(O)C(COP(=O)(O)OCC[N+](C)(C)C)NC(=O)CCCCCCCCCCCCCCCCCCCCCCCCCCCCCCCCCCCC. The minimum Gasteiger partial charge on any atom is -0.387 e. The number of phosphoric ester groups is 1. The number of aliphatic hydroxyl groups excluding tert-OH is 1. The second-order valence-corrected chi connectivity index (χ2v) is 23.9. The third-order valence-corrected chi connectivity index (χ3v) is 15.1. The van der Waals surface area contributed by atoms with Gasteiger partial charge in [-0.15, -0.1) is 0 Å². The van der Waals surface area contributed by atoms with Crippen molar-refractivity contribution in [1.82, 2.24) is 5.32 Å². The zero-order valence-electron chi connectivity index (χ0n) is 48.0. The molecule has 0 aliphatic carbocycles. The molecule has 420 valence electrons. The lowest BCUT2D eigenvalue weighted by Gasteiger charge is -2.25. The summed E-state index contributed by atoms with van der Waals surface area (Å²) in [5.41, 5.74) is 0. The van der Waals surface area contributed by atoms with Crippen LogP contribution in [0, 0.1) is 0 Å². The van der Waals surface area contributed by atoms with Crippen LogP contribution in [0.4, 0.5) is 0 Å². The molecule has 0 saturated carbocycles. The number of hydrogen-bond donors (Lipinski definition) is 3. The van der Waals surface area contributed by atoms with Crippen molar-refractivity contribution < 1.29 is 32.9 Å². The van der Waals surface area contributed by atoms with Gasteiger partial charge in [0.15, 0.2) is 0 Å². The number of allylic oxidation sites excluding steroid dienone is 5.